The highest BCUT2D eigenvalue weighted by Gasteiger charge is 2.29. The Morgan fingerprint density at radius 1 is 1.17 bits per heavy atom. The molecule has 1 aliphatic rings. The highest BCUT2D eigenvalue weighted by molar-refractivity contribution is 5.53. The van der Waals surface area contributed by atoms with Gasteiger partial charge in [0.05, 0.1) is 11.4 Å². The largest absolute Gasteiger partial charge is 0.324 e. The van der Waals surface area contributed by atoms with E-state index in [0.29, 0.717) is 17.3 Å². The summed E-state index contributed by atoms with van der Waals surface area (Å²) < 4.78 is 13.9. The second-order valence-electron chi connectivity index (χ2n) is 4.60. The summed E-state index contributed by atoms with van der Waals surface area (Å²) in [6.07, 6.45) is 2.05. The number of anilines is 2. The minimum Gasteiger partial charge on any atom is -0.324 e. The Kier molecular flexibility index (Phi) is 2.70. The molecule has 1 aliphatic carbocycles. The van der Waals surface area contributed by atoms with Crippen LogP contribution in [0.3, 0.4) is 0 Å². The van der Waals surface area contributed by atoms with Crippen molar-refractivity contribution in [3.63, 3.8) is 0 Å². The average molecular weight is 243 g/mol. The number of aromatic nitrogens is 2. The van der Waals surface area contributed by atoms with E-state index >= 15 is 0 Å². The van der Waals surface area contributed by atoms with E-state index in [9.17, 15) is 4.39 Å². The number of rotatable bonds is 3. The summed E-state index contributed by atoms with van der Waals surface area (Å²) in [5.74, 6) is 0.501. The molecule has 1 N–H and O–H groups in total. The lowest BCUT2D eigenvalue weighted by Crippen LogP contribution is -2.05. The number of para-hydroxylation sites is 1. The van der Waals surface area contributed by atoms with Gasteiger partial charge < -0.3 is 5.32 Å². The van der Waals surface area contributed by atoms with Gasteiger partial charge in [-0.3, -0.25) is 0 Å². The van der Waals surface area contributed by atoms with Crippen LogP contribution in [0.4, 0.5) is 16.0 Å². The van der Waals surface area contributed by atoms with Crippen molar-refractivity contribution in [2.24, 2.45) is 0 Å². The number of benzene rings is 1. The summed E-state index contributed by atoms with van der Waals surface area (Å²) in [4.78, 5) is 8.43. The molecule has 0 bridgehead atoms. The van der Waals surface area contributed by atoms with E-state index in [2.05, 4.69) is 15.3 Å². The summed E-state index contributed by atoms with van der Waals surface area (Å²) in [6, 6.07) is 9.66. The number of hydrogen-bond acceptors (Lipinski definition) is 3. The molecular formula is C14H14FN3. The van der Waals surface area contributed by atoms with Gasteiger partial charge >= 0.3 is 0 Å². The van der Waals surface area contributed by atoms with Gasteiger partial charge in [0, 0.05) is 11.6 Å². The first kappa shape index (κ1) is 11.1. The molecule has 2 aromatic rings. The topological polar surface area (TPSA) is 37.8 Å². The molecule has 0 atom stereocenters. The highest BCUT2D eigenvalue weighted by atomic mass is 19.1. The molecule has 4 heteroatoms. The Hall–Kier alpha value is -1.97. The molecule has 0 unspecified atom stereocenters. The zero-order valence-corrected chi connectivity index (χ0v) is 10.2. The Morgan fingerprint density at radius 3 is 2.56 bits per heavy atom. The number of hydrogen-bond donors (Lipinski definition) is 1. The van der Waals surface area contributed by atoms with Crippen molar-refractivity contribution in [2.45, 2.75) is 25.7 Å². The minimum atomic E-state index is -0.254. The van der Waals surface area contributed by atoms with Gasteiger partial charge in [0.2, 0.25) is 5.95 Å². The van der Waals surface area contributed by atoms with Gasteiger partial charge in [0.1, 0.15) is 0 Å². The number of nitrogens with one attached hydrogen (secondary N) is 1. The first-order valence-corrected chi connectivity index (χ1v) is 6.10. The zero-order valence-electron chi connectivity index (χ0n) is 10.2. The van der Waals surface area contributed by atoms with Gasteiger partial charge in [0.25, 0.3) is 0 Å². The van der Waals surface area contributed by atoms with Crippen molar-refractivity contribution in [3.8, 4) is 0 Å². The fourth-order valence-corrected chi connectivity index (χ4v) is 1.92. The number of aryl methyl sites for hydroxylation is 1. The van der Waals surface area contributed by atoms with Crippen LogP contribution in [0.25, 0.3) is 0 Å². The van der Waals surface area contributed by atoms with Crippen molar-refractivity contribution in [1.29, 1.82) is 0 Å². The summed E-state index contributed by atoms with van der Waals surface area (Å²) >= 11 is 0. The lowest BCUT2D eigenvalue weighted by Gasteiger charge is -2.09. The van der Waals surface area contributed by atoms with E-state index in [1.54, 1.807) is 6.92 Å². The molecule has 3 nitrogen and oxygen atoms in total. The predicted molar refractivity (Wildman–Crippen MR) is 68.4 cm³/mol. The van der Waals surface area contributed by atoms with Gasteiger partial charge in [0.15, 0.2) is 5.82 Å². The molecule has 92 valence electrons. The lowest BCUT2D eigenvalue weighted by atomic mass is 10.2. The van der Waals surface area contributed by atoms with Crippen molar-refractivity contribution in [2.75, 3.05) is 5.32 Å². The van der Waals surface area contributed by atoms with Crippen LogP contribution >= 0.6 is 0 Å². The molecule has 1 heterocycles. The Balaban J connectivity index is 1.93. The van der Waals surface area contributed by atoms with Crippen LogP contribution in [-0.4, -0.2) is 9.97 Å². The van der Waals surface area contributed by atoms with Gasteiger partial charge in [-0.2, -0.15) is 0 Å². The van der Waals surface area contributed by atoms with Crippen LogP contribution in [0.5, 0.6) is 0 Å². The maximum absolute atomic E-state index is 13.9. The number of halogens is 1. The molecular weight excluding hydrogens is 229 g/mol. The maximum Gasteiger partial charge on any atom is 0.227 e. The van der Waals surface area contributed by atoms with Crippen LogP contribution in [0, 0.1) is 12.7 Å². The molecule has 1 saturated carbocycles. The average Bonchev–Trinajstić information content (AvgIpc) is 3.19. The summed E-state index contributed by atoms with van der Waals surface area (Å²) in [7, 11) is 0. The standard InChI is InChI=1S/C14H14FN3/c1-9-12(15)13(10-7-8-10)18-14(16-9)17-11-5-3-2-4-6-11/h2-6,10H,7-8H2,1H3,(H,16,17,18). The third-order valence-electron chi connectivity index (χ3n) is 3.04. The van der Waals surface area contributed by atoms with Crippen LogP contribution in [0.15, 0.2) is 30.3 Å². The minimum absolute atomic E-state index is 0.254. The fourth-order valence-electron chi connectivity index (χ4n) is 1.92. The SMILES string of the molecule is Cc1nc(Nc2ccccc2)nc(C2CC2)c1F. The van der Waals surface area contributed by atoms with Crippen LogP contribution < -0.4 is 5.32 Å². The van der Waals surface area contributed by atoms with Crippen molar-refractivity contribution < 1.29 is 4.39 Å². The van der Waals surface area contributed by atoms with E-state index in [-0.39, 0.29) is 11.7 Å². The second kappa shape index (κ2) is 4.37. The third kappa shape index (κ3) is 2.18. The van der Waals surface area contributed by atoms with Crippen molar-refractivity contribution in [3.05, 3.63) is 47.5 Å². The fraction of sp³-hybridized carbons (Fsp3) is 0.286. The summed E-state index contributed by atoms with van der Waals surface area (Å²) in [5.41, 5.74) is 1.87. The Morgan fingerprint density at radius 2 is 1.89 bits per heavy atom. The number of nitrogens with zero attached hydrogens (tertiary/aromatic N) is 2. The molecule has 18 heavy (non-hydrogen) atoms. The van der Waals surface area contributed by atoms with Gasteiger partial charge in [-0.15, -0.1) is 0 Å². The first-order valence-electron chi connectivity index (χ1n) is 6.10. The quantitative estimate of drug-likeness (QED) is 0.895. The summed E-state index contributed by atoms with van der Waals surface area (Å²) in [5, 5.41) is 3.11. The van der Waals surface area contributed by atoms with E-state index in [1.165, 1.54) is 0 Å². The molecule has 0 spiro atoms. The third-order valence-corrected chi connectivity index (χ3v) is 3.04. The maximum atomic E-state index is 13.9. The van der Waals surface area contributed by atoms with Gasteiger partial charge in [-0.1, -0.05) is 18.2 Å². The van der Waals surface area contributed by atoms with Crippen molar-refractivity contribution in [1.82, 2.24) is 9.97 Å². The van der Waals surface area contributed by atoms with E-state index in [4.69, 9.17) is 0 Å². The predicted octanol–water partition coefficient (Wildman–Crippen LogP) is 3.55. The van der Waals surface area contributed by atoms with Crippen LogP contribution in [-0.2, 0) is 0 Å². The van der Waals surface area contributed by atoms with E-state index < -0.39 is 0 Å². The molecule has 1 aromatic carbocycles. The molecule has 3 rings (SSSR count). The monoisotopic (exact) mass is 243 g/mol. The van der Waals surface area contributed by atoms with Gasteiger partial charge in [-0.25, -0.2) is 14.4 Å². The molecule has 1 fully saturated rings. The highest BCUT2D eigenvalue weighted by Crippen LogP contribution is 2.40. The van der Waals surface area contributed by atoms with E-state index in [0.717, 1.165) is 18.5 Å². The van der Waals surface area contributed by atoms with Crippen molar-refractivity contribution >= 4 is 11.6 Å². The van der Waals surface area contributed by atoms with Crippen LogP contribution in [0.2, 0.25) is 0 Å². The molecule has 0 saturated heterocycles. The smallest absolute Gasteiger partial charge is 0.227 e. The second-order valence-corrected chi connectivity index (χ2v) is 4.60. The Bertz CT molecular complexity index is 565. The van der Waals surface area contributed by atoms with E-state index in [1.807, 2.05) is 30.3 Å². The molecule has 0 aliphatic heterocycles. The summed E-state index contributed by atoms with van der Waals surface area (Å²) in [6.45, 7) is 1.68. The first-order chi connectivity index (χ1) is 8.74. The van der Waals surface area contributed by atoms with Crippen LogP contribution in [0.1, 0.15) is 30.1 Å². The lowest BCUT2D eigenvalue weighted by molar-refractivity contribution is 0.581. The molecule has 0 radical (unpaired) electrons. The molecule has 0 amide bonds. The van der Waals surface area contributed by atoms with Gasteiger partial charge in [-0.05, 0) is 31.9 Å². The Labute approximate surface area is 105 Å². The zero-order chi connectivity index (χ0) is 12.5. The molecule has 1 aromatic heterocycles. The normalized spacial score (nSPS) is 14.6.